The number of methoxy groups -OCH3 is 1. The molecule has 0 amide bonds. The SMILES string of the molecule is COc1ccc(NC2CCSC(C)(C)C2)cc1. The maximum atomic E-state index is 5.16. The van der Waals surface area contributed by atoms with Crippen LogP contribution in [0.25, 0.3) is 0 Å². The first-order chi connectivity index (χ1) is 8.09. The number of nitrogens with one attached hydrogen (secondary N) is 1. The van der Waals surface area contributed by atoms with Crippen molar-refractivity contribution in [1.29, 1.82) is 0 Å². The normalized spacial score (nSPS) is 23.1. The molecule has 0 aliphatic carbocycles. The molecule has 0 aromatic heterocycles. The van der Waals surface area contributed by atoms with Gasteiger partial charge in [-0.15, -0.1) is 0 Å². The van der Waals surface area contributed by atoms with Gasteiger partial charge in [0.2, 0.25) is 0 Å². The third kappa shape index (κ3) is 3.56. The van der Waals surface area contributed by atoms with Gasteiger partial charge in [-0.2, -0.15) is 11.8 Å². The van der Waals surface area contributed by atoms with Crippen molar-refractivity contribution in [3.63, 3.8) is 0 Å². The highest BCUT2D eigenvalue weighted by atomic mass is 32.2. The number of benzene rings is 1. The molecule has 0 spiro atoms. The van der Waals surface area contributed by atoms with E-state index in [0.29, 0.717) is 10.8 Å². The van der Waals surface area contributed by atoms with Crippen LogP contribution in [0.5, 0.6) is 5.75 Å². The minimum Gasteiger partial charge on any atom is -0.497 e. The molecule has 17 heavy (non-hydrogen) atoms. The third-order valence-corrected chi connectivity index (χ3v) is 4.55. The van der Waals surface area contributed by atoms with E-state index in [0.717, 1.165) is 5.75 Å². The molecule has 1 fully saturated rings. The summed E-state index contributed by atoms with van der Waals surface area (Å²) in [6, 6.07) is 8.79. The van der Waals surface area contributed by atoms with Gasteiger partial charge in [0.25, 0.3) is 0 Å². The van der Waals surface area contributed by atoms with E-state index >= 15 is 0 Å². The van der Waals surface area contributed by atoms with Crippen LogP contribution < -0.4 is 10.1 Å². The molecule has 1 unspecified atom stereocenters. The second kappa shape index (κ2) is 5.21. The quantitative estimate of drug-likeness (QED) is 0.883. The zero-order chi connectivity index (χ0) is 12.3. The Kier molecular flexibility index (Phi) is 3.87. The Morgan fingerprint density at radius 1 is 1.29 bits per heavy atom. The van der Waals surface area contributed by atoms with E-state index in [1.165, 1.54) is 24.3 Å². The first kappa shape index (κ1) is 12.6. The second-order valence-electron chi connectivity index (χ2n) is 5.17. The average Bonchev–Trinajstić information content (AvgIpc) is 2.29. The minimum absolute atomic E-state index is 0.405. The smallest absolute Gasteiger partial charge is 0.119 e. The molecule has 1 heterocycles. The van der Waals surface area contributed by atoms with Crippen molar-refractivity contribution in [2.45, 2.75) is 37.5 Å². The highest BCUT2D eigenvalue weighted by molar-refractivity contribution is 8.00. The first-order valence-electron chi connectivity index (χ1n) is 6.14. The van der Waals surface area contributed by atoms with Crippen LogP contribution in [0.15, 0.2) is 24.3 Å². The number of hydrogen-bond donors (Lipinski definition) is 1. The van der Waals surface area contributed by atoms with Gasteiger partial charge in [-0.05, 0) is 42.9 Å². The maximum absolute atomic E-state index is 5.16. The molecule has 3 heteroatoms. The van der Waals surface area contributed by atoms with Crippen LogP contribution in [0.4, 0.5) is 5.69 Å². The Hall–Kier alpha value is -0.830. The minimum atomic E-state index is 0.405. The molecule has 1 aromatic rings. The molecule has 2 rings (SSSR count). The van der Waals surface area contributed by atoms with Gasteiger partial charge in [-0.25, -0.2) is 0 Å². The predicted molar refractivity (Wildman–Crippen MR) is 76.2 cm³/mol. The first-order valence-corrected chi connectivity index (χ1v) is 7.12. The standard InChI is InChI=1S/C14H21NOS/c1-14(2)10-12(8-9-17-14)15-11-4-6-13(16-3)7-5-11/h4-7,12,15H,8-10H2,1-3H3. The Balaban J connectivity index is 1.95. The van der Waals surface area contributed by atoms with Crippen molar-refractivity contribution >= 4 is 17.4 Å². The molecule has 0 saturated carbocycles. The number of ether oxygens (including phenoxy) is 1. The summed E-state index contributed by atoms with van der Waals surface area (Å²) in [6.07, 6.45) is 2.48. The van der Waals surface area contributed by atoms with Crippen molar-refractivity contribution in [2.75, 3.05) is 18.2 Å². The Labute approximate surface area is 108 Å². The summed E-state index contributed by atoms with van der Waals surface area (Å²) in [4.78, 5) is 0. The van der Waals surface area contributed by atoms with Gasteiger partial charge >= 0.3 is 0 Å². The maximum Gasteiger partial charge on any atom is 0.119 e. The molecule has 1 aliphatic heterocycles. The van der Waals surface area contributed by atoms with Gasteiger partial charge in [0.15, 0.2) is 0 Å². The van der Waals surface area contributed by atoms with Crippen LogP contribution in [0, 0.1) is 0 Å². The predicted octanol–water partition coefficient (Wildman–Crippen LogP) is 3.78. The summed E-state index contributed by atoms with van der Waals surface area (Å²) < 4.78 is 5.57. The van der Waals surface area contributed by atoms with Gasteiger partial charge < -0.3 is 10.1 Å². The van der Waals surface area contributed by atoms with E-state index in [4.69, 9.17) is 4.74 Å². The fourth-order valence-corrected chi connectivity index (χ4v) is 3.55. The fraction of sp³-hybridized carbons (Fsp3) is 0.571. The zero-order valence-corrected chi connectivity index (χ0v) is 11.6. The second-order valence-corrected chi connectivity index (χ2v) is 6.97. The summed E-state index contributed by atoms with van der Waals surface area (Å²) >= 11 is 2.08. The van der Waals surface area contributed by atoms with Crippen molar-refractivity contribution in [3.8, 4) is 5.75 Å². The highest BCUT2D eigenvalue weighted by Crippen LogP contribution is 2.36. The number of hydrogen-bond acceptors (Lipinski definition) is 3. The van der Waals surface area contributed by atoms with Gasteiger partial charge in [0.05, 0.1) is 7.11 Å². The van der Waals surface area contributed by atoms with Crippen LogP contribution in [0.1, 0.15) is 26.7 Å². The molecule has 1 atom stereocenters. The summed E-state index contributed by atoms with van der Waals surface area (Å²) in [5, 5.41) is 3.62. The average molecular weight is 251 g/mol. The lowest BCUT2D eigenvalue weighted by molar-refractivity contribution is 0.415. The summed E-state index contributed by atoms with van der Waals surface area (Å²) in [6.45, 7) is 4.67. The topological polar surface area (TPSA) is 21.3 Å². The van der Waals surface area contributed by atoms with Crippen molar-refractivity contribution in [3.05, 3.63) is 24.3 Å². The largest absolute Gasteiger partial charge is 0.497 e. The Morgan fingerprint density at radius 2 is 2.00 bits per heavy atom. The molecule has 0 bridgehead atoms. The van der Waals surface area contributed by atoms with Crippen molar-refractivity contribution in [2.24, 2.45) is 0 Å². The van der Waals surface area contributed by atoms with Gasteiger partial charge in [0, 0.05) is 16.5 Å². The molecule has 94 valence electrons. The van der Waals surface area contributed by atoms with E-state index in [1.807, 2.05) is 12.1 Å². The van der Waals surface area contributed by atoms with Gasteiger partial charge in [0.1, 0.15) is 5.75 Å². The highest BCUT2D eigenvalue weighted by Gasteiger charge is 2.28. The van der Waals surface area contributed by atoms with Gasteiger partial charge in [-0.3, -0.25) is 0 Å². The van der Waals surface area contributed by atoms with E-state index in [1.54, 1.807) is 7.11 Å². The number of anilines is 1. The van der Waals surface area contributed by atoms with Crippen LogP contribution >= 0.6 is 11.8 Å². The van der Waals surface area contributed by atoms with E-state index in [-0.39, 0.29) is 0 Å². The van der Waals surface area contributed by atoms with Gasteiger partial charge in [-0.1, -0.05) is 13.8 Å². The lowest BCUT2D eigenvalue weighted by Gasteiger charge is -2.35. The van der Waals surface area contributed by atoms with Crippen LogP contribution in [-0.2, 0) is 0 Å². The molecule has 1 aliphatic rings. The summed E-state index contributed by atoms with van der Waals surface area (Å²) in [7, 11) is 1.70. The Bertz CT molecular complexity index is 361. The summed E-state index contributed by atoms with van der Waals surface area (Å²) in [5.74, 6) is 2.16. The van der Waals surface area contributed by atoms with E-state index in [2.05, 4.69) is 43.1 Å². The van der Waals surface area contributed by atoms with E-state index < -0.39 is 0 Å². The summed E-state index contributed by atoms with van der Waals surface area (Å²) in [5.41, 5.74) is 1.19. The van der Waals surface area contributed by atoms with Crippen LogP contribution in [-0.4, -0.2) is 23.7 Å². The van der Waals surface area contributed by atoms with Crippen molar-refractivity contribution in [1.82, 2.24) is 0 Å². The van der Waals surface area contributed by atoms with Crippen LogP contribution in [0.2, 0.25) is 0 Å². The molecule has 1 saturated heterocycles. The Morgan fingerprint density at radius 3 is 2.59 bits per heavy atom. The molecule has 1 N–H and O–H groups in total. The lowest BCUT2D eigenvalue weighted by atomic mass is 9.99. The monoisotopic (exact) mass is 251 g/mol. The third-order valence-electron chi connectivity index (χ3n) is 3.16. The number of rotatable bonds is 3. The lowest BCUT2D eigenvalue weighted by Crippen LogP contribution is -2.34. The fourth-order valence-electron chi connectivity index (χ4n) is 2.28. The van der Waals surface area contributed by atoms with Crippen LogP contribution in [0.3, 0.4) is 0 Å². The molecular weight excluding hydrogens is 230 g/mol. The molecular formula is C14H21NOS. The molecule has 1 aromatic carbocycles. The molecule has 0 radical (unpaired) electrons. The number of thioether (sulfide) groups is 1. The molecule has 2 nitrogen and oxygen atoms in total. The zero-order valence-electron chi connectivity index (χ0n) is 10.8. The van der Waals surface area contributed by atoms with E-state index in [9.17, 15) is 0 Å². The van der Waals surface area contributed by atoms with Crippen molar-refractivity contribution < 1.29 is 4.74 Å².